The largest absolute Gasteiger partial charge is 0.382 e. The van der Waals surface area contributed by atoms with Crippen molar-refractivity contribution in [3.63, 3.8) is 0 Å². The first kappa shape index (κ1) is 23.8. The third-order valence-corrected chi connectivity index (χ3v) is 4.61. The van der Waals surface area contributed by atoms with Gasteiger partial charge in [-0.2, -0.15) is 0 Å². The number of aromatic amines is 1. The summed E-state index contributed by atoms with van der Waals surface area (Å²) in [5.41, 5.74) is -0.946. The van der Waals surface area contributed by atoms with Crippen LogP contribution in [0.15, 0.2) is 15.8 Å². The van der Waals surface area contributed by atoms with E-state index in [1.165, 1.54) is 10.8 Å². The Bertz CT molecular complexity index is 786. The molecule has 1 aromatic heterocycles. The van der Waals surface area contributed by atoms with Crippen molar-refractivity contribution < 1.29 is 18.9 Å². The van der Waals surface area contributed by atoms with E-state index in [4.69, 9.17) is 18.9 Å². The van der Waals surface area contributed by atoms with Crippen molar-refractivity contribution in [2.75, 3.05) is 20.3 Å². The maximum Gasteiger partial charge on any atom is 0.330 e. The second kappa shape index (κ2) is 9.12. The Labute approximate surface area is 172 Å². The summed E-state index contributed by atoms with van der Waals surface area (Å²) in [7, 11) is 1.60. The highest BCUT2D eigenvalue weighted by Crippen LogP contribution is 2.39. The van der Waals surface area contributed by atoms with Gasteiger partial charge < -0.3 is 18.9 Å². The van der Waals surface area contributed by atoms with Crippen LogP contribution in [-0.2, 0) is 18.9 Å². The van der Waals surface area contributed by atoms with E-state index >= 15 is 0 Å². The third-order valence-electron chi connectivity index (χ3n) is 4.61. The Morgan fingerprint density at radius 1 is 1.10 bits per heavy atom. The number of H-pyrrole nitrogens is 1. The number of nitrogens with one attached hydrogen (secondary N) is 1. The van der Waals surface area contributed by atoms with Gasteiger partial charge in [0.1, 0.15) is 12.2 Å². The van der Waals surface area contributed by atoms with Crippen LogP contribution in [0.3, 0.4) is 0 Å². The van der Waals surface area contributed by atoms with Crippen LogP contribution in [0.25, 0.3) is 0 Å². The van der Waals surface area contributed by atoms with Gasteiger partial charge in [-0.15, -0.1) is 0 Å². The van der Waals surface area contributed by atoms with Gasteiger partial charge in [-0.25, -0.2) is 4.79 Å². The number of methoxy groups -OCH3 is 1. The molecular weight excluding hydrogens is 376 g/mol. The van der Waals surface area contributed by atoms with Gasteiger partial charge in [0.25, 0.3) is 5.56 Å². The minimum absolute atomic E-state index is 0.0119. The summed E-state index contributed by atoms with van der Waals surface area (Å²) in [6.07, 6.45) is 0.355. The predicted molar refractivity (Wildman–Crippen MR) is 110 cm³/mol. The first-order valence-corrected chi connectivity index (χ1v) is 10.1. The number of hydrogen-bond acceptors (Lipinski definition) is 6. The maximum atomic E-state index is 12.5. The number of hydrogen-bond donors (Lipinski definition) is 1. The topological polar surface area (TPSA) is 91.8 Å². The zero-order chi connectivity index (χ0) is 22.0. The Morgan fingerprint density at radius 2 is 1.76 bits per heavy atom. The van der Waals surface area contributed by atoms with Crippen LogP contribution < -0.4 is 11.2 Å². The molecule has 0 unspecified atom stereocenters. The summed E-state index contributed by atoms with van der Waals surface area (Å²) in [6, 6.07) is 0. The smallest absolute Gasteiger partial charge is 0.330 e. The molecule has 29 heavy (non-hydrogen) atoms. The summed E-state index contributed by atoms with van der Waals surface area (Å²) < 4.78 is 25.4. The fourth-order valence-corrected chi connectivity index (χ4v) is 3.47. The van der Waals surface area contributed by atoms with Crippen LogP contribution in [0.1, 0.15) is 59.8 Å². The fraction of sp³-hybridized carbons (Fsp3) is 0.810. The lowest BCUT2D eigenvalue weighted by atomic mass is 9.87. The van der Waals surface area contributed by atoms with Gasteiger partial charge >= 0.3 is 5.69 Å². The predicted octanol–water partition coefficient (Wildman–Crippen LogP) is 2.39. The van der Waals surface area contributed by atoms with Gasteiger partial charge in [-0.1, -0.05) is 20.8 Å². The highest BCUT2D eigenvalue weighted by atomic mass is 16.6. The third kappa shape index (κ3) is 6.50. The van der Waals surface area contributed by atoms with Crippen molar-refractivity contribution in [1.29, 1.82) is 0 Å². The molecule has 0 aliphatic carbocycles. The van der Waals surface area contributed by atoms with Crippen LogP contribution in [0.5, 0.6) is 0 Å². The van der Waals surface area contributed by atoms with Crippen molar-refractivity contribution in [2.24, 2.45) is 5.41 Å². The van der Waals surface area contributed by atoms with Crippen molar-refractivity contribution in [2.45, 2.75) is 85.0 Å². The standard InChI is InChI=1S/C21H36N2O6/c1-13-12-23(19(25)22-17(13)24)18-16(27-10-9-26-8)15(29-21(5,6)7)14(28-18)11-20(2,3)4/h12,14-16,18H,9-11H2,1-8H3,(H,22,24,25)/t14-,15-,16-,18-/m1/s1. The molecule has 8 nitrogen and oxygen atoms in total. The number of ether oxygens (including phenoxy) is 4. The second-order valence-corrected chi connectivity index (χ2v) is 9.83. The van der Waals surface area contributed by atoms with E-state index in [0.717, 1.165) is 6.42 Å². The molecule has 2 heterocycles. The van der Waals surface area contributed by atoms with Crippen molar-refractivity contribution in [3.8, 4) is 0 Å². The summed E-state index contributed by atoms with van der Waals surface area (Å²) in [5.74, 6) is 0. The quantitative estimate of drug-likeness (QED) is 0.692. The zero-order valence-corrected chi connectivity index (χ0v) is 18.9. The molecule has 4 atom stereocenters. The van der Waals surface area contributed by atoms with E-state index in [1.54, 1.807) is 14.0 Å². The first-order valence-electron chi connectivity index (χ1n) is 10.1. The number of rotatable bonds is 7. The van der Waals surface area contributed by atoms with Gasteiger partial charge in [-0.05, 0) is 39.5 Å². The van der Waals surface area contributed by atoms with E-state index in [-0.39, 0.29) is 17.6 Å². The number of aryl methyl sites for hydroxylation is 1. The monoisotopic (exact) mass is 412 g/mol. The van der Waals surface area contributed by atoms with Crippen LogP contribution >= 0.6 is 0 Å². The van der Waals surface area contributed by atoms with E-state index in [1.807, 2.05) is 20.8 Å². The lowest BCUT2D eigenvalue weighted by Crippen LogP contribution is -2.44. The molecule has 1 saturated heterocycles. The molecule has 1 N–H and O–H groups in total. The molecule has 0 saturated carbocycles. The highest BCUT2D eigenvalue weighted by molar-refractivity contribution is 5.04. The molecule has 0 radical (unpaired) electrons. The first-order chi connectivity index (χ1) is 13.3. The van der Waals surface area contributed by atoms with Gasteiger partial charge in [0.15, 0.2) is 6.23 Å². The molecule has 0 aromatic carbocycles. The Balaban J connectivity index is 2.47. The summed E-state index contributed by atoms with van der Waals surface area (Å²) >= 11 is 0. The summed E-state index contributed by atoms with van der Waals surface area (Å²) in [4.78, 5) is 26.7. The van der Waals surface area contributed by atoms with Crippen LogP contribution in [0, 0.1) is 12.3 Å². The normalized spacial score (nSPS) is 25.5. The minimum atomic E-state index is -0.713. The van der Waals surface area contributed by atoms with Crippen LogP contribution in [0.4, 0.5) is 0 Å². The lowest BCUT2D eigenvalue weighted by Gasteiger charge is -2.33. The molecule has 1 aliphatic heterocycles. The van der Waals surface area contributed by atoms with Gasteiger partial charge in [0.2, 0.25) is 0 Å². The maximum absolute atomic E-state index is 12.5. The van der Waals surface area contributed by atoms with Gasteiger partial charge in [0, 0.05) is 18.9 Å². The Hall–Kier alpha value is -1.48. The molecule has 0 bridgehead atoms. The molecule has 1 aromatic rings. The van der Waals surface area contributed by atoms with Crippen LogP contribution in [-0.4, -0.2) is 53.8 Å². The molecular formula is C21H36N2O6. The average Bonchev–Trinajstić information content (AvgIpc) is 2.85. The van der Waals surface area contributed by atoms with E-state index < -0.39 is 29.2 Å². The van der Waals surface area contributed by atoms with E-state index in [0.29, 0.717) is 18.8 Å². The van der Waals surface area contributed by atoms with Gasteiger partial charge in [0.05, 0.1) is 24.9 Å². The zero-order valence-electron chi connectivity index (χ0n) is 18.9. The molecule has 1 fully saturated rings. The molecule has 0 spiro atoms. The van der Waals surface area contributed by atoms with Crippen molar-refractivity contribution >= 4 is 0 Å². The Morgan fingerprint density at radius 3 is 2.31 bits per heavy atom. The molecule has 8 heteroatoms. The number of nitrogens with zero attached hydrogens (tertiary/aromatic N) is 1. The van der Waals surface area contributed by atoms with E-state index in [9.17, 15) is 9.59 Å². The van der Waals surface area contributed by atoms with Crippen LogP contribution in [0.2, 0.25) is 0 Å². The fourth-order valence-electron chi connectivity index (χ4n) is 3.47. The molecule has 0 amide bonds. The van der Waals surface area contributed by atoms with Crippen molar-refractivity contribution in [3.05, 3.63) is 32.6 Å². The molecule has 2 rings (SSSR count). The van der Waals surface area contributed by atoms with Gasteiger partial charge in [-0.3, -0.25) is 14.3 Å². The minimum Gasteiger partial charge on any atom is -0.382 e. The SMILES string of the molecule is COCCO[C@@H]1[C@H](OC(C)(C)C)[C@@H](CC(C)(C)C)O[C@H]1n1cc(C)c(=O)[nH]c1=O. The highest BCUT2D eigenvalue weighted by Gasteiger charge is 2.49. The van der Waals surface area contributed by atoms with Crippen molar-refractivity contribution in [1.82, 2.24) is 9.55 Å². The molecule has 1 aliphatic rings. The number of aromatic nitrogens is 2. The molecule has 166 valence electrons. The lowest BCUT2D eigenvalue weighted by molar-refractivity contribution is -0.134. The second-order valence-electron chi connectivity index (χ2n) is 9.83. The summed E-state index contributed by atoms with van der Waals surface area (Å²) in [6.45, 7) is 14.8. The van der Waals surface area contributed by atoms with E-state index in [2.05, 4.69) is 25.8 Å². The summed E-state index contributed by atoms with van der Waals surface area (Å²) in [5, 5.41) is 0. The average molecular weight is 413 g/mol. The Kier molecular flexibility index (Phi) is 7.48.